The van der Waals surface area contributed by atoms with E-state index in [1.165, 1.54) is 31.0 Å². The van der Waals surface area contributed by atoms with Crippen LogP contribution in [0.1, 0.15) is 57.9 Å². The zero-order valence-corrected chi connectivity index (χ0v) is 15.9. The summed E-state index contributed by atoms with van der Waals surface area (Å²) in [6.07, 6.45) is 9.59. The first-order valence-electron chi connectivity index (χ1n) is 9.57. The molecule has 1 N–H and O–H groups in total. The maximum atomic E-state index is 12.9. The predicted octanol–water partition coefficient (Wildman–Crippen LogP) is 2.49. The van der Waals surface area contributed by atoms with Gasteiger partial charge in [0.05, 0.1) is 11.9 Å². The summed E-state index contributed by atoms with van der Waals surface area (Å²) >= 11 is 1.36. The Morgan fingerprint density at radius 2 is 2.04 bits per heavy atom. The van der Waals surface area contributed by atoms with Crippen LogP contribution in [-0.4, -0.2) is 37.0 Å². The number of amides is 1. The Balaban J connectivity index is 1.52. The number of thioether (sulfide) groups is 1. The molecule has 2 aliphatic rings. The minimum Gasteiger partial charge on any atom is -0.353 e. The Bertz CT molecular complexity index is 864. The van der Waals surface area contributed by atoms with Crippen molar-refractivity contribution in [3.63, 3.8) is 0 Å². The van der Waals surface area contributed by atoms with Crippen LogP contribution in [0.25, 0.3) is 11.0 Å². The van der Waals surface area contributed by atoms with Gasteiger partial charge in [-0.2, -0.15) is 5.10 Å². The van der Waals surface area contributed by atoms with Crippen molar-refractivity contribution >= 4 is 28.7 Å². The van der Waals surface area contributed by atoms with Crippen LogP contribution in [0, 0.1) is 0 Å². The number of aromatic nitrogens is 4. The van der Waals surface area contributed by atoms with Crippen LogP contribution in [0.15, 0.2) is 16.1 Å². The standard InChI is InChI=1S/C18H25N5O2S/c1-2-22-10-14-16(21-22)17(25)23(13-8-9-13)18(20-14)26-11-15(24)19-12-6-4-3-5-7-12/h10,12-13H,2-9,11H2,1H3,(H,19,24). The molecular formula is C18H25N5O2S. The van der Waals surface area contributed by atoms with Gasteiger partial charge in [-0.3, -0.25) is 18.8 Å². The predicted molar refractivity (Wildman–Crippen MR) is 101 cm³/mol. The van der Waals surface area contributed by atoms with Crippen molar-refractivity contribution in [2.45, 2.75) is 75.7 Å². The fraction of sp³-hybridized carbons (Fsp3) is 0.667. The van der Waals surface area contributed by atoms with E-state index in [9.17, 15) is 9.59 Å². The Morgan fingerprint density at radius 1 is 1.27 bits per heavy atom. The molecule has 0 spiro atoms. The molecule has 0 bridgehead atoms. The normalized spacial score (nSPS) is 18.3. The molecule has 8 heteroatoms. The third-order valence-corrected chi connectivity index (χ3v) is 6.08. The summed E-state index contributed by atoms with van der Waals surface area (Å²) in [6, 6.07) is 0.510. The quantitative estimate of drug-likeness (QED) is 0.620. The number of carbonyl (C=O) groups excluding carboxylic acids is 1. The molecule has 7 nitrogen and oxygen atoms in total. The smallest absolute Gasteiger partial charge is 0.282 e. The van der Waals surface area contributed by atoms with Crippen molar-refractivity contribution < 1.29 is 4.79 Å². The Hall–Kier alpha value is -1.83. The van der Waals surface area contributed by atoms with E-state index >= 15 is 0 Å². The lowest BCUT2D eigenvalue weighted by Crippen LogP contribution is -2.37. The maximum absolute atomic E-state index is 12.9. The van der Waals surface area contributed by atoms with E-state index in [1.807, 2.05) is 6.92 Å². The minimum atomic E-state index is -0.0834. The van der Waals surface area contributed by atoms with Gasteiger partial charge in [0.2, 0.25) is 5.91 Å². The summed E-state index contributed by atoms with van der Waals surface area (Å²) in [6.45, 7) is 2.68. The number of fused-ring (bicyclic) bond motifs is 1. The summed E-state index contributed by atoms with van der Waals surface area (Å²) in [7, 11) is 0. The van der Waals surface area contributed by atoms with Gasteiger partial charge < -0.3 is 5.32 Å². The number of hydrogen-bond acceptors (Lipinski definition) is 5. The van der Waals surface area contributed by atoms with Gasteiger partial charge in [0.15, 0.2) is 10.7 Å². The van der Waals surface area contributed by atoms with Gasteiger partial charge in [0.25, 0.3) is 5.56 Å². The van der Waals surface area contributed by atoms with E-state index in [0.717, 1.165) is 25.7 Å². The summed E-state index contributed by atoms with van der Waals surface area (Å²) < 4.78 is 3.48. The number of carbonyl (C=O) groups is 1. The van der Waals surface area contributed by atoms with Crippen LogP contribution in [-0.2, 0) is 11.3 Å². The topological polar surface area (TPSA) is 81.8 Å². The molecule has 2 fully saturated rings. The van der Waals surface area contributed by atoms with Crippen molar-refractivity contribution in [1.82, 2.24) is 24.6 Å². The summed E-state index contributed by atoms with van der Waals surface area (Å²) in [4.78, 5) is 29.8. The number of nitrogens with zero attached hydrogens (tertiary/aromatic N) is 4. The monoisotopic (exact) mass is 375 g/mol. The Kier molecular flexibility index (Phi) is 5.02. The average molecular weight is 375 g/mol. The molecule has 0 aliphatic heterocycles. The molecule has 2 saturated carbocycles. The van der Waals surface area contributed by atoms with Crippen molar-refractivity contribution in [3.8, 4) is 0 Å². The number of rotatable bonds is 6. The summed E-state index contributed by atoms with van der Waals surface area (Å²) in [5.41, 5.74) is 0.957. The van der Waals surface area contributed by atoms with Gasteiger partial charge in [-0.15, -0.1) is 0 Å². The first-order chi connectivity index (χ1) is 12.7. The van der Waals surface area contributed by atoms with Gasteiger partial charge in [-0.1, -0.05) is 31.0 Å². The number of aryl methyl sites for hydroxylation is 1. The highest BCUT2D eigenvalue weighted by molar-refractivity contribution is 7.99. The summed E-state index contributed by atoms with van der Waals surface area (Å²) in [5, 5.41) is 8.11. The van der Waals surface area contributed by atoms with Crippen LogP contribution in [0.5, 0.6) is 0 Å². The van der Waals surface area contributed by atoms with Crippen LogP contribution in [0.4, 0.5) is 0 Å². The van der Waals surface area contributed by atoms with Gasteiger partial charge in [-0.25, -0.2) is 4.98 Å². The van der Waals surface area contributed by atoms with E-state index < -0.39 is 0 Å². The van der Waals surface area contributed by atoms with Crippen molar-refractivity contribution in [1.29, 1.82) is 0 Å². The van der Waals surface area contributed by atoms with Crippen LogP contribution in [0.3, 0.4) is 0 Å². The van der Waals surface area contributed by atoms with Gasteiger partial charge >= 0.3 is 0 Å². The highest BCUT2D eigenvalue weighted by Gasteiger charge is 2.29. The molecular weight excluding hydrogens is 350 g/mol. The highest BCUT2D eigenvalue weighted by atomic mass is 32.2. The lowest BCUT2D eigenvalue weighted by atomic mass is 9.95. The van der Waals surface area contributed by atoms with E-state index in [4.69, 9.17) is 0 Å². The second-order valence-electron chi connectivity index (χ2n) is 7.21. The van der Waals surface area contributed by atoms with E-state index in [1.54, 1.807) is 15.4 Å². The molecule has 4 rings (SSSR count). The molecule has 2 aromatic rings. The van der Waals surface area contributed by atoms with Crippen LogP contribution < -0.4 is 10.9 Å². The SMILES string of the molecule is CCn1cc2nc(SCC(=O)NC3CCCCC3)n(C3CC3)c(=O)c2n1. The van der Waals surface area contributed by atoms with Crippen molar-refractivity contribution in [2.24, 2.45) is 0 Å². The highest BCUT2D eigenvalue weighted by Crippen LogP contribution is 2.36. The largest absolute Gasteiger partial charge is 0.353 e. The third kappa shape index (κ3) is 3.65. The van der Waals surface area contributed by atoms with E-state index in [-0.39, 0.29) is 17.5 Å². The molecule has 0 saturated heterocycles. The van der Waals surface area contributed by atoms with Crippen molar-refractivity contribution in [3.05, 3.63) is 16.6 Å². The van der Waals surface area contributed by atoms with Gasteiger partial charge in [0.1, 0.15) is 5.52 Å². The molecule has 1 amide bonds. The minimum absolute atomic E-state index is 0.0304. The average Bonchev–Trinajstić information content (AvgIpc) is 3.39. The Morgan fingerprint density at radius 3 is 2.73 bits per heavy atom. The van der Waals surface area contributed by atoms with Gasteiger partial charge in [0, 0.05) is 18.6 Å². The molecule has 0 atom stereocenters. The zero-order valence-electron chi connectivity index (χ0n) is 15.1. The molecule has 0 radical (unpaired) electrons. The maximum Gasteiger partial charge on any atom is 0.282 e. The molecule has 26 heavy (non-hydrogen) atoms. The first-order valence-corrected chi connectivity index (χ1v) is 10.6. The number of nitrogens with one attached hydrogen (secondary N) is 1. The third-order valence-electron chi connectivity index (χ3n) is 5.12. The zero-order chi connectivity index (χ0) is 18.1. The first kappa shape index (κ1) is 17.6. The molecule has 2 heterocycles. The second kappa shape index (κ2) is 7.42. The number of hydrogen-bond donors (Lipinski definition) is 1. The second-order valence-corrected chi connectivity index (χ2v) is 8.15. The van der Waals surface area contributed by atoms with Crippen LogP contribution in [0.2, 0.25) is 0 Å². The summed E-state index contributed by atoms with van der Waals surface area (Å²) in [5.74, 6) is 0.325. The van der Waals surface area contributed by atoms with Crippen molar-refractivity contribution in [2.75, 3.05) is 5.75 Å². The molecule has 140 valence electrons. The lowest BCUT2D eigenvalue weighted by Gasteiger charge is -2.22. The van der Waals surface area contributed by atoms with Gasteiger partial charge in [-0.05, 0) is 32.6 Å². The molecule has 2 aromatic heterocycles. The molecule has 0 unspecified atom stereocenters. The van der Waals surface area contributed by atoms with E-state index in [2.05, 4.69) is 15.4 Å². The van der Waals surface area contributed by atoms with E-state index in [0.29, 0.717) is 34.5 Å². The van der Waals surface area contributed by atoms with Crippen LogP contribution >= 0.6 is 11.8 Å². The lowest BCUT2D eigenvalue weighted by molar-refractivity contribution is -0.119. The fourth-order valence-corrected chi connectivity index (χ4v) is 4.45. The molecule has 0 aromatic carbocycles. The molecule has 2 aliphatic carbocycles. The fourth-order valence-electron chi connectivity index (χ4n) is 3.57. The Labute approximate surface area is 156 Å².